The van der Waals surface area contributed by atoms with Gasteiger partial charge in [-0.1, -0.05) is 29.4 Å². The summed E-state index contributed by atoms with van der Waals surface area (Å²) in [5.74, 6) is 0.408. The van der Waals surface area contributed by atoms with Gasteiger partial charge in [-0.15, -0.1) is 0 Å². The van der Waals surface area contributed by atoms with Crippen LogP contribution >= 0.6 is 0 Å². The number of likely N-dealkylation sites (N-methyl/N-ethyl adjacent to an activating group) is 1. The van der Waals surface area contributed by atoms with Gasteiger partial charge in [0.25, 0.3) is 5.91 Å². The number of methoxy groups -OCH3 is 1. The molecule has 0 spiro atoms. The number of amides is 3. The fourth-order valence-corrected chi connectivity index (χ4v) is 4.75. The second-order valence-corrected chi connectivity index (χ2v) is 11.4. The highest BCUT2D eigenvalue weighted by atomic mass is 16.5. The lowest BCUT2D eigenvalue weighted by Gasteiger charge is -2.24. The molecule has 0 saturated heterocycles. The predicted octanol–water partition coefficient (Wildman–Crippen LogP) is 4.26. The Kier molecular flexibility index (Phi) is 15.8. The van der Waals surface area contributed by atoms with Gasteiger partial charge in [-0.25, -0.2) is 0 Å². The smallest absolute Gasteiger partial charge is 0.258 e. The molecule has 42 heavy (non-hydrogen) atoms. The van der Waals surface area contributed by atoms with Crippen LogP contribution in [0.25, 0.3) is 0 Å². The van der Waals surface area contributed by atoms with E-state index in [2.05, 4.69) is 48.5 Å². The van der Waals surface area contributed by atoms with Crippen LogP contribution in [0.4, 0.5) is 0 Å². The highest BCUT2D eigenvalue weighted by Crippen LogP contribution is 2.28. The van der Waals surface area contributed by atoms with Crippen molar-refractivity contribution in [2.24, 2.45) is 0 Å². The minimum atomic E-state index is -0.661. The van der Waals surface area contributed by atoms with Gasteiger partial charge in [0, 0.05) is 39.6 Å². The molecule has 0 aliphatic carbocycles. The quantitative estimate of drug-likeness (QED) is 0.485. The summed E-state index contributed by atoms with van der Waals surface area (Å²) in [6.07, 6.45) is 10.3. The Balaban J connectivity index is 2.08. The summed E-state index contributed by atoms with van der Waals surface area (Å²) in [5, 5.41) is 5.79. The minimum absolute atomic E-state index is 0.0121. The number of nitrogens with one attached hydrogen (secondary N) is 2. The summed E-state index contributed by atoms with van der Waals surface area (Å²) in [6, 6.07) is 4.79. The van der Waals surface area contributed by atoms with Gasteiger partial charge in [-0.05, 0) is 90.5 Å². The van der Waals surface area contributed by atoms with Crippen LogP contribution in [0.1, 0.15) is 71.8 Å². The summed E-state index contributed by atoms with van der Waals surface area (Å²) in [7, 11) is 3.31. The molecule has 2 bridgehead atoms. The van der Waals surface area contributed by atoms with Crippen molar-refractivity contribution in [3.05, 3.63) is 47.1 Å². The molecule has 1 heterocycles. The summed E-state index contributed by atoms with van der Waals surface area (Å²) in [6.45, 7) is 11.8. The van der Waals surface area contributed by atoms with Gasteiger partial charge >= 0.3 is 0 Å². The molecule has 0 saturated carbocycles. The van der Waals surface area contributed by atoms with E-state index < -0.39 is 11.9 Å². The number of aryl methyl sites for hydroxylation is 1. The maximum absolute atomic E-state index is 12.9. The number of fused-ring (bicyclic) bond motifs is 2. The number of carbonyl (C=O) groups excluding carboxylic acids is 3. The monoisotopic (exact) mass is 584 g/mol. The van der Waals surface area contributed by atoms with Crippen molar-refractivity contribution < 1.29 is 23.9 Å². The molecule has 2 rings (SSSR count). The molecule has 1 aliphatic rings. The van der Waals surface area contributed by atoms with Crippen molar-refractivity contribution >= 4 is 17.7 Å². The van der Waals surface area contributed by atoms with Gasteiger partial charge in [0.05, 0.1) is 7.11 Å². The summed E-state index contributed by atoms with van der Waals surface area (Å²) >= 11 is 0. The number of benzene rings is 1. The number of ether oxygens (including phenoxy) is 2. The summed E-state index contributed by atoms with van der Waals surface area (Å²) < 4.78 is 11.1. The van der Waals surface area contributed by atoms with Crippen LogP contribution in [0.3, 0.4) is 0 Å². The Labute approximate surface area is 252 Å². The van der Waals surface area contributed by atoms with Crippen molar-refractivity contribution in [2.45, 2.75) is 78.7 Å². The Morgan fingerprint density at radius 2 is 1.76 bits per heavy atom. The summed E-state index contributed by atoms with van der Waals surface area (Å²) in [4.78, 5) is 42.1. The molecular weight excluding hydrogens is 532 g/mol. The third-order valence-electron chi connectivity index (χ3n) is 7.33. The topological polar surface area (TPSA) is 100 Å². The second-order valence-electron chi connectivity index (χ2n) is 11.4. The van der Waals surface area contributed by atoms with Crippen molar-refractivity contribution in [2.75, 3.05) is 53.5 Å². The molecular formula is C33H52N4O5. The van der Waals surface area contributed by atoms with E-state index in [1.165, 1.54) is 18.3 Å². The standard InChI is InChI=1S/C33H52N4O5/c1-25(2)11-9-12-26(3)17-22-37-20-8-7-19-36(5)33(40)27(4)35-32(39)24-42-30-23-28(13-15-29(30)41-6)14-16-31(38)34-18-10-21-37/h11,13,15,17,23,27H,7-10,12,14,16,18-22,24H2,1-6H3,(H,34,38)(H,35,39)/b26-17+/t27-/m0/s1. The average Bonchev–Trinajstić information content (AvgIpc) is 2.96. The Morgan fingerprint density at radius 1 is 1.02 bits per heavy atom. The molecule has 0 aromatic heterocycles. The molecule has 1 aliphatic heterocycles. The number of allylic oxidation sites excluding steroid dienone is 3. The molecule has 1 atom stereocenters. The Hall–Kier alpha value is -3.33. The maximum atomic E-state index is 12.9. The highest BCUT2D eigenvalue weighted by Gasteiger charge is 2.20. The second kappa shape index (κ2) is 19.0. The van der Waals surface area contributed by atoms with E-state index in [4.69, 9.17) is 9.47 Å². The SMILES string of the molecule is COc1ccc2cc1OCC(=O)N[C@@H](C)C(=O)N(C)CCCCN(C/C=C(\C)CCC=C(C)C)CCCNC(=O)CC2. The van der Waals surface area contributed by atoms with E-state index in [-0.39, 0.29) is 18.4 Å². The van der Waals surface area contributed by atoms with Crippen LogP contribution in [0.15, 0.2) is 41.5 Å². The third kappa shape index (κ3) is 13.6. The molecule has 9 nitrogen and oxygen atoms in total. The van der Waals surface area contributed by atoms with Gasteiger partial charge < -0.3 is 25.0 Å². The van der Waals surface area contributed by atoms with Crippen LogP contribution < -0.4 is 20.1 Å². The first kappa shape index (κ1) is 34.9. The number of carbonyl (C=O) groups is 3. The fourth-order valence-electron chi connectivity index (χ4n) is 4.75. The molecule has 0 fully saturated rings. The molecule has 1 aromatic rings. The van der Waals surface area contributed by atoms with Gasteiger partial charge in [-0.3, -0.25) is 19.3 Å². The zero-order valence-electron chi connectivity index (χ0n) is 26.6. The molecule has 1 aromatic carbocycles. The Morgan fingerprint density at radius 3 is 2.50 bits per heavy atom. The van der Waals surface area contributed by atoms with Crippen LogP contribution in [-0.4, -0.2) is 87.1 Å². The largest absolute Gasteiger partial charge is 0.493 e. The number of hydrogen-bond donors (Lipinski definition) is 2. The van der Waals surface area contributed by atoms with Crippen molar-refractivity contribution in [3.63, 3.8) is 0 Å². The first-order chi connectivity index (χ1) is 20.1. The van der Waals surface area contributed by atoms with E-state index in [9.17, 15) is 14.4 Å². The van der Waals surface area contributed by atoms with Gasteiger partial charge in [0.1, 0.15) is 6.04 Å². The van der Waals surface area contributed by atoms with Crippen molar-refractivity contribution in [1.82, 2.24) is 20.4 Å². The molecule has 234 valence electrons. The molecule has 9 heteroatoms. The van der Waals surface area contributed by atoms with Crippen LogP contribution in [0.2, 0.25) is 0 Å². The maximum Gasteiger partial charge on any atom is 0.258 e. The van der Waals surface area contributed by atoms with Gasteiger partial charge in [-0.2, -0.15) is 0 Å². The van der Waals surface area contributed by atoms with Crippen molar-refractivity contribution in [3.8, 4) is 11.5 Å². The molecule has 2 N–H and O–H groups in total. The first-order valence-corrected chi connectivity index (χ1v) is 15.2. The van der Waals surface area contributed by atoms with Gasteiger partial charge in [0.2, 0.25) is 11.8 Å². The van der Waals surface area contributed by atoms with E-state index in [1.54, 1.807) is 31.0 Å². The molecule has 0 unspecified atom stereocenters. The van der Waals surface area contributed by atoms with E-state index in [0.29, 0.717) is 37.4 Å². The number of rotatable bonds is 6. The summed E-state index contributed by atoms with van der Waals surface area (Å²) in [5.41, 5.74) is 3.64. The van der Waals surface area contributed by atoms with Crippen LogP contribution in [-0.2, 0) is 20.8 Å². The Bertz CT molecular complexity index is 1080. The zero-order valence-corrected chi connectivity index (χ0v) is 26.6. The van der Waals surface area contributed by atoms with E-state index in [1.807, 2.05) is 6.07 Å². The molecule has 0 radical (unpaired) electrons. The van der Waals surface area contributed by atoms with Crippen LogP contribution in [0.5, 0.6) is 11.5 Å². The molecule has 3 amide bonds. The van der Waals surface area contributed by atoms with E-state index >= 15 is 0 Å². The lowest BCUT2D eigenvalue weighted by atomic mass is 10.1. The predicted molar refractivity (Wildman–Crippen MR) is 168 cm³/mol. The highest BCUT2D eigenvalue weighted by molar-refractivity contribution is 5.87. The lowest BCUT2D eigenvalue weighted by Crippen LogP contribution is -2.47. The average molecular weight is 585 g/mol. The normalized spacial score (nSPS) is 19.5. The first-order valence-electron chi connectivity index (χ1n) is 15.2. The fraction of sp³-hybridized carbons (Fsp3) is 0.606. The van der Waals surface area contributed by atoms with Gasteiger partial charge in [0.15, 0.2) is 18.1 Å². The van der Waals surface area contributed by atoms with Crippen LogP contribution in [0, 0.1) is 0 Å². The third-order valence-corrected chi connectivity index (χ3v) is 7.33. The number of nitrogens with zero attached hydrogens (tertiary/aromatic N) is 2. The minimum Gasteiger partial charge on any atom is -0.493 e. The van der Waals surface area contributed by atoms with E-state index in [0.717, 1.165) is 57.3 Å². The number of hydrogen-bond acceptors (Lipinski definition) is 6. The lowest BCUT2D eigenvalue weighted by molar-refractivity contribution is -0.135. The van der Waals surface area contributed by atoms with Crippen molar-refractivity contribution in [1.29, 1.82) is 0 Å². The zero-order chi connectivity index (χ0) is 30.9.